The van der Waals surface area contributed by atoms with Crippen LogP contribution in [0.1, 0.15) is 24.3 Å². The predicted octanol–water partition coefficient (Wildman–Crippen LogP) is 0.256. The first-order valence-corrected chi connectivity index (χ1v) is 7.47. The molecule has 0 radical (unpaired) electrons. The van der Waals surface area contributed by atoms with Crippen LogP contribution in [0.15, 0.2) is 23.2 Å². The van der Waals surface area contributed by atoms with E-state index in [0.29, 0.717) is 0 Å². The molecule has 0 saturated heterocycles. The molecule has 1 heterocycles. The fourth-order valence-corrected chi connectivity index (χ4v) is 2.75. The van der Waals surface area contributed by atoms with Gasteiger partial charge in [-0.3, -0.25) is 4.79 Å². The van der Waals surface area contributed by atoms with Crippen LogP contribution in [0.4, 0.5) is 0 Å². The van der Waals surface area contributed by atoms with E-state index in [4.69, 9.17) is 5.11 Å². The van der Waals surface area contributed by atoms with Crippen LogP contribution < -0.4 is 4.72 Å². The molecule has 0 aliphatic carbocycles. The van der Waals surface area contributed by atoms with E-state index in [1.807, 2.05) is 0 Å². The van der Waals surface area contributed by atoms with Gasteiger partial charge >= 0.3 is 11.9 Å². The highest BCUT2D eigenvalue weighted by Crippen LogP contribution is 2.12. The normalized spacial score (nSPS) is 13.0. The summed E-state index contributed by atoms with van der Waals surface area (Å²) in [6, 6.07) is 1.09. The molecule has 0 aromatic carbocycles. The minimum absolute atomic E-state index is 0.0462. The van der Waals surface area contributed by atoms with Gasteiger partial charge in [0.15, 0.2) is 0 Å². The number of sulfonamides is 1. The molecule has 0 bridgehead atoms. The van der Waals surface area contributed by atoms with E-state index in [1.54, 1.807) is 13.8 Å². The number of pyridine rings is 1. The number of carboxylic acids is 1. The van der Waals surface area contributed by atoms with Gasteiger partial charge in [0.2, 0.25) is 10.0 Å². The second-order valence-electron chi connectivity index (χ2n) is 4.55. The minimum Gasteiger partial charge on any atom is -0.480 e. The molecule has 0 unspecified atom stereocenters. The summed E-state index contributed by atoms with van der Waals surface area (Å²) in [4.78, 5) is 25.7. The van der Waals surface area contributed by atoms with Gasteiger partial charge in [-0.1, -0.05) is 13.8 Å². The summed E-state index contributed by atoms with van der Waals surface area (Å²) in [5.41, 5.74) is -0.0462. The van der Waals surface area contributed by atoms with Crippen molar-refractivity contribution in [1.29, 1.82) is 0 Å². The number of aromatic nitrogens is 1. The molecule has 1 atom stereocenters. The molecule has 1 aromatic heterocycles. The number of methoxy groups -OCH3 is 1. The number of nitrogens with zero attached hydrogens (tertiary/aromatic N) is 1. The van der Waals surface area contributed by atoms with Crippen LogP contribution in [-0.2, 0) is 19.6 Å². The molecule has 1 rings (SSSR count). The van der Waals surface area contributed by atoms with Crippen molar-refractivity contribution >= 4 is 22.0 Å². The first-order chi connectivity index (χ1) is 9.69. The molecule has 0 spiro atoms. The van der Waals surface area contributed by atoms with Crippen LogP contribution in [0.25, 0.3) is 0 Å². The molecule has 0 saturated carbocycles. The van der Waals surface area contributed by atoms with Gasteiger partial charge in [-0.25, -0.2) is 18.2 Å². The highest BCUT2D eigenvalue weighted by molar-refractivity contribution is 7.89. The number of aliphatic carboxylic acids is 1. The summed E-state index contributed by atoms with van der Waals surface area (Å²) >= 11 is 0. The number of nitrogens with one attached hydrogen (secondary N) is 1. The average Bonchev–Trinajstić information content (AvgIpc) is 2.43. The fraction of sp³-hybridized carbons (Fsp3) is 0.417. The van der Waals surface area contributed by atoms with Crippen molar-refractivity contribution in [3.63, 3.8) is 0 Å². The highest BCUT2D eigenvalue weighted by Gasteiger charge is 2.28. The fourth-order valence-electron chi connectivity index (χ4n) is 1.47. The van der Waals surface area contributed by atoms with Crippen molar-refractivity contribution in [3.8, 4) is 0 Å². The predicted molar refractivity (Wildman–Crippen MR) is 72.2 cm³/mol. The third-order valence-corrected chi connectivity index (χ3v) is 4.08. The molecule has 21 heavy (non-hydrogen) atoms. The second kappa shape index (κ2) is 6.64. The summed E-state index contributed by atoms with van der Waals surface area (Å²) in [6.07, 6.45) is 0.966. The lowest BCUT2D eigenvalue weighted by atomic mass is 10.1. The van der Waals surface area contributed by atoms with Crippen LogP contribution in [0, 0.1) is 5.92 Å². The van der Waals surface area contributed by atoms with Gasteiger partial charge in [0.1, 0.15) is 16.6 Å². The molecule has 2 N–H and O–H groups in total. The maximum absolute atomic E-state index is 12.1. The standard InChI is InChI=1S/C12H16N2O6S/c1-7(2)10(11(15)16)14-21(18,19)8-4-5-9(13-6-8)12(17)20-3/h4-7,10,14H,1-3H3,(H,15,16)/t10-/m1/s1. The molecule has 1 aromatic rings. The van der Waals surface area contributed by atoms with Crippen molar-refractivity contribution in [2.45, 2.75) is 24.8 Å². The molecular formula is C12H16N2O6S. The summed E-state index contributed by atoms with van der Waals surface area (Å²) in [7, 11) is -2.87. The van der Waals surface area contributed by atoms with Gasteiger partial charge in [0.25, 0.3) is 0 Å². The Morgan fingerprint density at radius 3 is 2.33 bits per heavy atom. The topological polar surface area (TPSA) is 123 Å². The number of rotatable bonds is 6. The van der Waals surface area contributed by atoms with E-state index in [1.165, 1.54) is 13.2 Å². The molecule has 0 amide bonds. The number of carboxylic acid groups (broad SMARTS) is 1. The monoisotopic (exact) mass is 316 g/mol. The lowest BCUT2D eigenvalue weighted by molar-refractivity contribution is -0.140. The number of carbonyl (C=O) groups excluding carboxylic acids is 1. The average molecular weight is 316 g/mol. The van der Waals surface area contributed by atoms with Gasteiger partial charge in [0.05, 0.1) is 7.11 Å². The highest BCUT2D eigenvalue weighted by atomic mass is 32.2. The Morgan fingerprint density at radius 2 is 1.95 bits per heavy atom. The van der Waals surface area contributed by atoms with Crippen LogP contribution in [0.2, 0.25) is 0 Å². The summed E-state index contributed by atoms with van der Waals surface area (Å²) < 4.78 is 30.7. The van der Waals surface area contributed by atoms with Crippen molar-refractivity contribution in [3.05, 3.63) is 24.0 Å². The first-order valence-electron chi connectivity index (χ1n) is 5.98. The third-order valence-electron chi connectivity index (χ3n) is 2.66. The van der Waals surface area contributed by atoms with E-state index >= 15 is 0 Å². The number of ether oxygens (including phenoxy) is 1. The van der Waals surface area contributed by atoms with E-state index in [0.717, 1.165) is 12.3 Å². The smallest absolute Gasteiger partial charge is 0.356 e. The van der Waals surface area contributed by atoms with E-state index in [2.05, 4.69) is 14.4 Å². The Hall–Kier alpha value is -2.00. The van der Waals surface area contributed by atoms with Crippen molar-refractivity contribution in [2.24, 2.45) is 5.92 Å². The molecule has 0 aliphatic rings. The van der Waals surface area contributed by atoms with Crippen molar-refractivity contribution in [2.75, 3.05) is 7.11 Å². The van der Waals surface area contributed by atoms with Crippen LogP contribution >= 0.6 is 0 Å². The van der Waals surface area contributed by atoms with Crippen LogP contribution in [0.3, 0.4) is 0 Å². The summed E-state index contributed by atoms with van der Waals surface area (Å²) in [5.74, 6) is -2.40. The van der Waals surface area contributed by atoms with Crippen molar-refractivity contribution in [1.82, 2.24) is 9.71 Å². The zero-order valence-corrected chi connectivity index (χ0v) is 12.5. The maximum atomic E-state index is 12.1. The number of carbonyl (C=O) groups is 2. The van der Waals surface area contributed by atoms with E-state index in [-0.39, 0.29) is 10.6 Å². The zero-order chi connectivity index (χ0) is 16.2. The Labute approximate surface area is 122 Å². The number of hydrogen-bond acceptors (Lipinski definition) is 6. The SMILES string of the molecule is COC(=O)c1ccc(S(=O)(=O)N[C@@H](C(=O)O)C(C)C)cn1. The summed E-state index contributed by atoms with van der Waals surface area (Å²) in [6.45, 7) is 3.17. The Kier molecular flexibility index (Phi) is 5.39. The molecule has 8 nitrogen and oxygen atoms in total. The van der Waals surface area contributed by atoms with Gasteiger partial charge in [-0.2, -0.15) is 4.72 Å². The molecule has 116 valence electrons. The molecule has 0 fully saturated rings. The zero-order valence-electron chi connectivity index (χ0n) is 11.7. The number of esters is 1. The van der Waals surface area contributed by atoms with Gasteiger partial charge in [0, 0.05) is 6.20 Å². The lowest BCUT2D eigenvalue weighted by Crippen LogP contribution is -2.44. The van der Waals surface area contributed by atoms with Crippen LogP contribution in [-0.4, -0.2) is 43.6 Å². The van der Waals surface area contributed by atoms with Gasteiger partial charge < -0.3 is 9.84 Å². The Balaban J connectivity index is 3.03. The van der Waals surface area contributed by atoms with E-state index in [9.17, 15) is 18.0 Å². The second-order valence-corrected chi connectivity index (χ2v) is 6.27. The van der Waals surface area contributed by atoms with Crippen LogP contribution in [0.5, 0.6) is 0 Å². The maximum Gasteiger partial charge on any atom is 0.356 e. The molecule has 9 heteroatoms. The van der Waals surface area contributed by atoms with Crippen molar-refractivity contribution < 1.29 is 27.9 Å². The number of hydrogen-bond donors (Lipinski definition) is 2. The quantitative estimate of drug-likeness (QED) is 0.721. The largest absolute Gasteiger partial charge is 0.480 e. The Morgan fingerprint density at radius 1 is 1.33 bits per heavy atom. The minimum atomic E-state index is -4.04. The molecular weight excluding hydrogens is 300 g/mol. The van der Waals surface area contributed by atoms with Gasteiger partial charge in [-0.15, -0.1) is 0 Å². The van der Waals surface area contributed by atoms with Gasteiger partial charge in [-0.05, 0) is 18.1 Å². The summed E-state index contributed by atoms with van der Waals surface area (Å²) in [5, 5.41) is 9.00. The molecule has 0 aliphatic heterocycles. The van der Waals surface area contributed by atoms with E-state index < -0.39 is 33.9 Å². The lowest BCUT2D eigenvalue weighted by Gasteiger charge is -2.17. The Bertz CT molecular complexity index is 624. The first kappa shape index (κ1) is 17.1. The third kappa shape index (κ3) is 4.23.